The molecule has 180 valence electrons. The summed E-state index contributed by atoms with van der Waals surface area (Å²) >= 11 is 0. The van der Waals surface area contributed by atoms with E-state index in [1.807, 2.05) is 0 Å². The first-order valence-corrected chi connectivity index (χ1v) is 12.3. The van der Waals surface area contributed by atoms with Crippen LogP contribution in [0.4, 0.5) is 10.1 Å². The van der Waals surface area contributed by atoms with Crippen LogP contribution in [-0.2, 0) is 34.6 Å². The zero-order valence-corrected chi connectivity index (χ0v) is 20.0. The van der Waals surface area contributed by atoms with E-state index in [-0.39, 0.29) is 39.9 Å². The number of nitrogens with zero attached hydrogens (tertiary/aromatic N) is 3. The summed E-state index contributed by atoms with van der Waals surface area (Å²) in [5, 5.41) is 10.0. The highest BCUT2D eigenvalue weighted by molar-refractivity contribution is 7.91. The average Bonchev–Trinajstić information content (AvgIpc) is 3.50. The van der Waals surface area contributed by atoms with E-state index < -0.39 is 21.6 Å². The standard InChI is InChI=1S/C24H22FN5O4S/c1-13-21(35(33,34)16-5-7-19-15(8-16)11-27-28-19)10-20(29(13)2)24(32)26-12-17-18(25)6-4-14-9-22(31)30(3)23(14)17/h4-8,10-11H,9,12H2,1-3H3,(H,26,32)(H,27,28). The van der Waals surface area contributed by atoms with Gasteiger partial charge in [0.1, 0.15) is 11.5 Å². The quantitative estimate of drug-likeness (QED) is 0.442. The third-order valence-corrected chi connectivity index (χ3v) is 8.39. The minimum absolute atomic E-state index is 0.00473. The molecule has 1 aliphatic rings. The first-order chi connectivity index (χ1) is 16.6. The van der Waals surface area contributed by atoms with Crippen LogP contribution in [0.15, 0.2) is 52.4 Å². The van der Waals surface area contributed by atoms with Crippen LogP contribution < -0.4 is 10.2 Å². The topological polar surface area (TPSA) is 117 Å². The SMILES string of the molecule is Cc1c(S(=O)(=O)c2ccc3[nH]ncc3c2)cc(C(=O)NCc2c(F)ccc3c2N(C)C(=O)C3)n1C. The summed E-state index contributed by atoms with van der Waals surface area (Å²) in [6.45, 7) is 1.46. The summed E-state index contributed by atoms with van der Waals surface area (Å²) < 4.78 is 42.8. The van der Waals surface area contributed by atoms with E-state index in [4.69, 9.17) is 0 Å². The Balaban J connectivity index is 1.44. The number of nitrogens with one attached hydrogen (secondary N) is 2. The minimum Gasteiger partial charge on any atom is -0.346 e. The third kappa shape index (κ3) is 3.59. The Morgan fingerprint density at radius 1 is 1.20 bits per heavy atom. The number of halogens is 1. The number of carbonyl (C=O) groups excluding carboxylic acids is 2. The zero-order valence-electron chi connectivity index (χ0n) is 19.2. The Morgan fingerprint density at radius 3 is 2.74 bits per heavy atom. The normalized spacial score (nSPS) is 13.5. The molecule has 0 bridgehead atoms. The van der Waals surface area contributed by atoms with Crippen LogP contribution in [0.3, 0.4) is 0 Å². The van der Waals surface area contributed by atoms with Crippen LogP contribution in [0.5, 0.6) is 0 Å². The van der Waals surface area contributed by atoms with Gasteiger partial charge in [0.15, 0.2) is 0 Å². The summed E-state index contributed by atoms with van der Waals surface area (Å²) in [6.07, 6.45) is 1.71. The molecule has 0 fully saturated rings. The number of likely N-dealkylation sites (N-methyl/N-ethyl adjacent to an activating group) is 1. The molecule has 2 N–H and O–H groups in total. The summed E-state index contributed by atoms with van der Waals surface area (Å²) in [4.78, 5) is 26.6. The van der Waals surface area contributed by atoms with E-state index in [0.29, 0.717) is 27.8 Å². The Morgan fingerprint density at radius 2 is 1.97 bits per heavy atom. The lowest BCUT2D eigenvalue weighted by atomic mass is 10.1. The number of hydrogen-bond donors (Lipinski definition) is 2. The predicted molar refractivity (Wildman–Crippen MR) is 126 cm³/mol. The molecule has 2 aromatic carbocycles. The van der Waals surface area contributed by atoms with E-state index >= 15 is 0 Å². The molecule has 0 radical (unpaired) electrons. The maximum absolute atomic E-state index is 14.6. The molecule has 5 rings (SSSR count). The molecule has 0 saturated carbocycles. The molecule has 35 heavy (non-hydrogen) atoms. The van der Waals surface area contributed by atoms with Gasteiger partial charge in [-0.25, -0.2) is 12.8 Å². The molecule has 2 amide bonds. The summed E-state index contributed by atoms with van der Waals surface area (Å²) in [7, 11) is -0.756. The van der Waals surface area contributed by atoms with Gasteiger partial charge in [0.2, 0.25) is 15.7 Å². The van der Waals surface area contributed by atoms with Gasteiger partial charge in [-0.2, -0.15) is 5.10 Å². The van der Waals surface area contributed by atoms with Gasteiger partial charge < -0.3 is 14.8 Å². The Labute approximate surface area is 200 Å². The number of amides is 2. The predicted octanol–water partition coefficient (Wildman–Crippen LogP) is 2.63. The van der Waals surface area contributed by atoms with Gasteiger partial charge in [-0.15, -0.1) is 0 Å². The van der Waals surface area contributed by atoms with Crippen molar-refractivity contribution in [2.45, 2.75) is 29.7 Å². The Hall–Kier alpha value is -3.99. The second-order valence-electron chi connectivity index (χ2n) is 8.51. The monoisotopic (exact) mass is 495 g/mol. The Kier molecular flexibility index (Phi) is 5.24. The first-order valence-electron chi connectivity index (χ1n) is 10.8. The van der Waals surface area contributed by atoms with Crippen LogP contribution >= 0.6 is 0 Å². The number of sulfone groups is 1. The number of rotatable bonds is 5. The fourth-order valence-corrected chi connectivity index (χ4v) is 6.01. The number of fused-ring (bicyclic) bond motifs is 2. The van der Waals surface area contributed by atoms with Crippen molar-refractivity contribution in [3.05, 3.63) is 70.9 Å². The molecule has 0 unspecified atom stereocenters. The average molecular weight is 496 g/mol. The van der Waals surface area contributed by atoms with Crippen molar-refractivity contribution in [2.24, 2.45) is 7.05 Å². The largest absolute Gasteiger partial charge is 0.346 e. The molecule has 0 aliphatic carbocycles. The van der Waals surface area contributed by atoms with Gasteiger partial charge in [0, 0.05) is 37.3 Å². The minimum atomic E-state index is -3.92. The van der Waals surface area contributed by atoms with Gasteiger partial charge in [0.25, 0.3) is 5.91 Å². The molecular formula is C24H22FN5O4S. The van der Waals surface area contributed by atoms with Gasteiger partial charge in [-0.3, -0.25) is 14.7 Å². The van der Waals surface area contributed by atoms with Crippen molar-refractivity contribution in [3.63, 3.8) is 0 Å². The summed E-state index contributed by atoms with van der Waals surface area (Å²) in [6, 6.07) is 8.81. The molecule has 3 heterocycles. The van der Waals surface area contributed by atoms with E-state index in [1.165, 1.54) is 39.9 Å². The van der Waals surface area contributed by atoms with Gasteiger partial charge in [-0.05, 0) is 42.8 Å². The lowest BCUT2D eigenvalue weighted by molar-refractivity contribution is -0.117. The molecule has 1 aliphatic heterocycles. The number of aromatic nitrogens is 3. The van der Waals surface area contributed by atoms with Crippen molar-refractivity contribution in [2.75, 3.05) is 11.9 Å². The molecule has 0 saturated heterocycles. The summed E-state index contributed by atoms with van der Waals surface area (Å²) in [5.41, 5.74) is 2.57. The van der Waals surface area contributed by atoms with E-state index in [9.17, 15) is 22.4 Å². The first kappa shape index (κ1) is 22.8. The Bertz CT molecular complexity index is 1640. The molecule has 4 aromatic rings. The lowest BCUT2D eigenvalue weighted by Crippen LogP contribution is -2.27. The van der Waals surface area contributed by atoms with E-state index in [2.05, 4.69) is 15.5 Å². The molecular weight excluding hydrogens is 473 g/mol. The number of anilines is 1. The van der Waals surface area contributed by atoms with Crippen LogP contribution in [0.2, 0.25) is 0 Å². The van der Waals surface area contributed by atoms with Crippen LogP contribution in [-0.4, -0.2) is 42.0 Å². The molecule has 0 spiro atoms. The van der Waals surface area contributed by atoms with Crippen molar-refractivity contribution < 1.29 is 22.4 Å². The fraction of sp³-hybridized carbons (Fsp3) is 0.208. The second-order valence-corrected chi connectivity index (χ2v) is 10.4. The van der Waals surface area contributed by atoms with Gasteiger partial charge >= 0.3 is 0 Å². The van der Waals surface area contributed by atoms with Crippen LogP contribution in [0.1, 0.15) is 27.3 Å². The van der Waals surface area contributed by atoms with Gasteiger partial charge in [0.05, 0.1) is 33.6 Å². The molecule has 2 aromatic heterocycles. The number of benzene rings is 2. The number of H-pyrrole nitrogens is 1. The number of hydrogen-bond acceptors (Lipinski definition) is 5. The van der Waals surface area contributed by atoms with E-state index in [1.54, 1.807) is 33.2 Å². The van der Waals surface area contributed by atoms with Crippen LogP contribution in [0, 0.1) is 12.7 Å². The lowest BCUT2D eigenvalue weighted by Gasteiger charge is -2.16. The van der Waals surface area contributed by atoms with Crippen LogP contribution in [0.25, 0.3) is 10.9 Å². The maximum atomic E-state index is 14.6. The molecule has 9 nitrogen and oxygen atoms in total. The van der Waals surface area contributed by atoms with Crippen molar-refractivity contribution in [3.8, 4) is 0 Å². The zero-order chi connectivity index (χ0) is 25.1. The molecule has 0 atom stereocenters. The highest BCUT2D eigenvalue weighted by atomic mass is 32.2. The smallest absolute Gasteiger partial charge is 0.268 e. The van der Waals surface area contributed by atoms with Crippen molar-refractivity contribution in [1.29, 1.82) is 0 Å². The van der Waals surface area contributed by atoms with Gasteiger partial charge in [-0.1, -0.05) is 6.07 Å². The fourth-order valence-electron chi connectivity index (χ4n) is 4.43. The highest BCUT2D eigenvalue weighted by Crippen LogP contribution is 2.33. The summed E-state index contributed by atoms with van der Waals surface area (Å²) in [5.74, 6) is -1.25. The van der Waals surface area contributed by atoms with Crippen molar-refractivity contribution >= 4 is 38.2 Å². The van der Waals surface area contributed by atoms with Crippen molar-refractivity contribution in [1.82, 2.24) is 20.1 Å². The highest BCUT2D eigenvalue weighted by Gasteiger charge is 2.30. The number of aromatic amines is 1. The maximum Gasteiger partial charge on any atom is 0.268 e. The second kappa shape index (κ2) is 8.05. The van der Waals surface area contributed by atoms with E-state index in [0.717, 1.165) is 0 Å². The molecule has 11 heteroatoms. The number of carbonyl (C=O) groups is 2. The third-order valence-electron chi connectivity index (χ3n) is 6.52.